The van der Waals surface area contributed by atoms with Crippen molar-refractivity contribution in [1.29, 1.82) is 0 Å². The lowest BCUT2D eigenvalue weighted by atomic mass is 10.3. The minimum atomic E-state index is 0.494. The summed E-state index contributed by atoms with van der Waals surface area (Å²) in [6, 6.07) is 4.01. The largest absolute Gasteiger partial charge is 0.378 e. The molecule has 2 aromatic rings. The molecule has 2 rings (SSSR count). The molecule has 0 aliphatic rings. The van der Waals surface area contributed by atoms with Crippen LogP contribution < -0.4 is 5.32 Å². The maximum Gasteiger partial charge on any atom is 0.172 e. The van der Waals surface area contributed by atoms with Crippen LogP contribution >= 0.6 is 33.9 Å². The fraction of sp³-hybridized carbons (Fsp3) is 0.273. The molecule has 0 aliphatic heterocycles. The number of ether oxygens (including phenoxy) is 1. The summed E-state index contributed by atoms with van der Waals surface area (Å²) in [5.74, 6) is 1.59. The van der Waals surface area contributed by atoms with Gasteiger partial charge >= 0.3 is 0 Å². The van der Waals surface area contributed by atoms with Gasteiger partial charge in [-0.3, -0.25) is 0 Å². The van der Waals surface area contributed by atoms with Gasteiger partial charge in [0.25, 0.3) is 0 Å². The van der Waals surface area contributed by atoms with Gasteiger partial charge in [0.2, 0.25) is 0 Å². The van der Waals surface area contributed by atoms with Gasteiger partial charge in [-0.1, -0.05) is 6.07 Å². The third kappa shape index (κ3) is 2.75. The number of aromatic nitrogens is 2. The number of nitrogens with one attached hydrogen (secondary N) is 1. The Morgan fingerprint density at radius 2 is 2.29 bits per heavy atom. The molecule has 0 unspecified atom stereocenters. The van der Waals surface area contributed by atoms with Crippen molar-refractivity contribution in [3.8, 4) is 10.7 Å². The summed E-state index contributed by atoms with van der Waals surface area (Å²) < 4.78 is 6.17. The van der Waals surface area contributed by atoms with Crippen LogP contribution in [0.2, 0.25) is 0 Å². The predicted octanol–water partition coefficient (Wildman–Crippen LogP) is 3.00. The van der Waals surface area contributed by atoms with Crippen molar-refractivity contribution >= 4 is 39.7 Å². The Hall–Kier alpha value is -0.730. The molecule has 0 fully saturated rings. The fourth-order valence-electron chi connectivity index (χ4n) is 1.41. The van der Waals surface area contributed by atoms with E-state index in [2.05, 4.69) is 37.9 Å². The molecule has 0 amide bonds. The van der Waals surface area contributed by atoms with Crippen molar-refractivity contribution in [2.24, 2.45) is 0 Å². The van der Waals surface area contributed by atoms with Gasteiger partial charge in [-0.2, -0.15) is 0 Å². The molecule has 0 radical (unpaired) electrons. The molecule has 4 nitrogen and oxygen atoms in total. The quantitative estimate of drug-likeness (QED) is 0.851. The van der Waals surface area contributed by atoms with Crippen molar-refractivity contribution in [2.75, 3.05) is 19.5 Å². The lowest BCUT2D eigenvalue weighted by Gasteiger charge is -2.09. The van der Waals surface area contributed by atoms with E-state index in [9.17, 15) is 0 Å². The second-order valence-electron chi connectivity index (χ2n) is 3.32. The molecule has 0 aliphatic carbocycles. The van der Waals surface area contributed by atoms with E-state index in [0.29, 0.717) is 6.61 Å². The first-order valence-electron chi connectivity index (χ1n) is 5.03. The number of thiophene rings is 1. The predicted molar refractivity (Wildman–Crippen MR) is 78.3 cm³/mol. The van der Waals surface area contributed by atoms with Crippen LogP contribution in [-0.2, 0) is 11.3 Å². The molecule has 90 valence electrons. The van der Waals surface area contributed by atoms with Crippen LogP contribution in [0.3, 0.4) is 0 Å². The molecule has 0 aromatic carbocycles. The normalized spacial score (nSPS) is 10.5. The van der Waals surface area contributed by atoms with Crippen LogP contribution in [-0.4, -0.2) is 24.1 Å². The number of methoxy groups -OCH3 is 1. The first kappa shape index (κ1) is 12.7. The maximum absolute atomic E-state index is 5.16. The molecule has 2 heterocycles. The van der Waals surface area contributed by atoms with E-state index in [1.165, 1.54) is 0 Å². The zero-order chi connectivity index (χ0) is 12.3. The van der Waals surface area contributed by atoms with Crippen LogP contribution in [0.5, 0.6) is 0 Å². The van der Waals surface area contributed by atoms with Gasteiger partial charge in [-0.15, -0.1) is 11.3 Å². The molecular weight excluding hydrogens is 349 g/mol. The molecule has 0 bridgehead atoms. The topological polar surface area (TPSA) is 47.0 Å². The van der Waals surface area contributed by atoms with Gasteiger partial charge in [-0.25, -0.2) is 9.97 Å². The molecule has 0 spiro atoms. The van der Waals surface area contributed by atoms with Gasteiger partial charge in [-0.05, 0) is 34.0 Å². The molecule has 0 saturated carbocycles. The summed E-state index contributed by atoms with van der Waals surface area (Å²) in [5.41, 5.74) is 0.913. The first-order chi connectivity index (χ1) is 8.26. The zero-order valence-corrected chi connectivity index (χ0v) is 12.5. The molecule has 17 heavy (non-hydrogen) atoms. The summed E-state index contributed by atoms with van der Waals surface area (Å²) in [5, 5.41) is 5.11. The molecule has 1 N–H and O–H groups in total. The van der Waals surface area contributed by atoms with Crippen molar-refractivity contribution in [2.45, 2.75) is 6.61 Å². The van der Waals surface area contributed by atoms with Crippen molar-refractivity contribution in [3.63, 3.8) is 0 Å². The minimum absolute atomic E-state index is 0.494. The number of hydrogen-bond acceptors (Lipinski definition) is 5. The lowest BCUT2D eigenvalue weighted by molar-refractivity contribution is 0.181. The Bertz CT molecular complexity index is 502. The molecule has 6 heteroatoms. The van der Waals surface area contributed by atoms with Crippen molar-refractivity contribution < 1.29 is 4.74 Å². The Morgan fingerprint density at radius 3 is 2.88 bits per heavy atom. The second-order valence-corrected chi connectivity index (χ2v) is 5.34. The highest BCUT2D eigenvalue weighted by Crippen LogP contribution is 2.26. The lowest BCUT2D eigenvalue weighted by Crippen LogP contribution is -2.05. The second kappa shape index (κ2) is 5.74. The molecule has 0 saturated heterocycles. The average Bonchev–Trinajstić information content (AvgIpc) is 2.85. The molecular formula is C11H12IN3OS. The third-order valence-electron chi connectivity index (χ3n) is 2.18. The van der Waals surface area contributed by atoms with Crippen LogP contribution in [0.1, 0.15) is 5.69 Å². The zero-order valence-electron chi connectivity index (χ0n) is 9.53. The van der Waals surface area contributed by atoms with Gasteiger partial charge in [0.05, 0.1) is 20.7 Å². The Morgan fingerprint density at radius 1 is 1.47 bits per heavy atom. The van der Waals surface area contributed by atoms with Crippen LogP contribution in [0, 0.1) is 3.57 Å². The van der Waals surface area contributed by atoms with E-state index in [-0.39, 0.29) is 0 Å². The number of halogens is 1. The van der Waals surface area contributed by atoms with E-state index < -0.39 is 0 Å². The summed E-state index contributed by atoms with van der Waals surface area (Å²) in [6.45, 7) is 0.494. The van der Waals surface area contributed by atoms with Gasteiger partial charge in [0.1, 0.15) is 5.82 Å². The molecule has 2 aromatic heterocycles. The summed E-state index contributed by atoms with van der Waals surface area (Å²) in [6.07, 6.45) is 0. The average molecular weight is 361 g/mol. The van der Waals surface area contributed by atoms with Crippen LogP contribution in [0.15, 0.2) is 17.5 Å². The van der Waals surface area contributed by atoms with Crippen LogP contribution in [0.25, 0.3) is 10.7 Å². The van der Waals surface area contributed by atoms with Gasteiger partial charge in [0, 0.05) is 14.2 Å². The monoisotopic (exact) mass is 361 g/mol. The number of rotatable bonds is 4. The summed E-state index contributed by atoms with van der Waals surface area (Å²) >= 11 is 3.87. The third-order valence-corrected chi connectivity index (χ3v) is 4.18. The first-order valence-corrected chi connectivity index (χ1v) is 6.99. The smallest absolute Gasteiger partial charge is 0.172 e. The highest BCUT2D eigenvalue weighted by atomic mass is 127. The maximum atomic E-state index is 5.16. The fourth-order valence-corrected chi connectivity index (χ4v) is 2.73. The Balaban J connectivity index is 2.50. The standard InChI is InChI=1S/C11H12IN3OS/c1-13-11-9(12)7(6-16-2)14-10(15-11)8-4-3-5-17-8/h3-5H,6H2,1-2H3,(H,13,14,15). The number of hydrogen-bond donors (Lipinski definition) is 1. The number of anilines is 1. The van der Waals surface area contributed by atoms with E-state index in [1.54, 1.807) is 18.4 Å². The minimum Gasteiger partial charge on any atom is -0.378 e. The van der Waals surface area contributed by atoms with Gasteiger partial charge in [0.15, 0.2) is 5.82 Å². The number of nitrogens with zero attached hydrogens (tertiary/aromatic N) is 2. The van der Waals surface area contributed by atoms with E-state index >= 15 is 0 Å². The summed E-state index contributed by atoms with van der Waals surface area (Å²) in [7, 11) is 3.53. The summed E-state index contributed by atoms with van der Waals surface area (Å²) in [4.78, 5) is 10.1. The van der Waals surface area contributed by atoms with E-state index in [0.717, 1.165) is 25.8 Å². The van der Waals surface area contributed by atoms with Crippen LogP contribution in [0.4, 0.5) is 5.82 Å². The highest BCUT2D eigenvalue weighted by Gasteiger charge is 2.12. The van der Waals surface area contributed by atoms with Crippen molar-refractivity contribution in [3.05, 3.63) is 26.8 Å². The molecule has 0 atom stereocenters. The highest BCUT2D eigenvalue weighted by molar-refractivity contribution is 14.1. The van der Waals surface area contributed by atoms with E-state index in [4.69, 9.17) is 4.74 Å². The van der Waals surface area contributed by atoms with Crippen molar-refractivity contribution in [1.82, 2.24) is 9.97 Å². The SMILES string of the molecule is CNc1nc(-c2cccs2)nc(COC)c1I. The Labute approximate surface area is 118 Å². The Kier molecular flexibility index (Phi) is 4.30. The van der Waals surface area contributed by atoms with Gasteiger partial charge < -0.3 is 10.1 Å². The van der Waals surface area contributed by atoms with E-state index in [1.807, 2.05) is 24.6 Å².